The van der Waals surface area contributed by atoms with E-state index in [0.29, 0.717) is 6.61 Å². The Labute approximate surface area is 221 Å². The monoisotopic (exact) mass is 542 g/mol. The number of rotatable bonds is 7. The Bertz CT molecular complexity index is 1110. The molecule has 0 radical (unpaired) electrons. The summed E-state index contributed by atoms with van der Waals surface area (Å²) in [4.78, 5) is 0. The molecule has 5 rings (SSSR count). The highest BCUT2D eigenvalue weighted by molar-refractivity contribution is 7.99. The molecular formula is C32H32BrOP. The molecule has 3 heteroatoms. The first-order chi connectivity index (χ1) is 16.9. The second-order valence-electron chi connectivity index (χ2n) is 8.88. The second-order valence-corrected chi connectivity index (χ2v) is 12.3. The van der Waals surface area contributed by atoms with E-state index in [9.17, 15) is 0 Å². The highest BCUT2D eigenvalue weighted by Gasteiger charge is 2.51. The van der Waals surface area contributed by atoms with Gasteiger partial charge in [-0.25, -0.2) is 0 Å². The molecule has 0 atom stereocenters. The number of allylic oxidation sites excluding steroid dienone is 2. The molecule has 0 amide bonds. The number of hydrogen-bond acceptors (Lipinski definition) is 1. The molecular weight excluding hydrogens is 511 g/mol. The smallest absolute Gasteiger partial charge is 0.143 e. The van der Waals surface area contributed by atoms with Crippen LogP contribution in [-0.2, 0) is 11.3 Å². The Morgan fingerprint density at radius 3 is 1.43 bits per heavy atom. The van der Waals surface area contributed by atoms with Crippen LogP contribution in [0.4, 0.5) is 0 Å². The molecule has 35 heavy (non-hydrogen) atoms. The van der Waals surface area contributed by atoms with Crippen molar-refractivity contribution in [1.29, 1.82) is 0 Å². The van der Waals surface area contributed by atoms with Crippen molar-refractivity contribution in [3.63, 3.8) is 0 Å². The topological polar surface area (TPSA) is 9.23 Å². The summed E-state index contributed by atoms with van der Waals surface area (Å²) < 4.78 is 6.74. The number of hydrogen-bond donors (Lipinski definition) is 0. The fourth-order valence-corrected chi connectivity index (χ4v) is 9.89. The predicted molar refractivity (Wildman–Crippen MR) is 146 cm³/mol. The Hall–Kier alpha value is -2.67. The summed E-state index contributed by atoms with van der Waals surface area (Å²) in [7, 11) is -2.08. The molecule has 1 nitrogen and oxygen atoms in total. The van der Waals surface area contributed by atoms with Gasteiger partial charge in [-0.1, -0.05) is 91.3 Å². The van der Waals surface area contributed by atoms with Gasteiger partial charge in [-0.3, -0.25) is 0 Å². The van der Waals surface area contributed by atoms with E-state index >= 15 is 0 Å². The summed E-state index contributed by atoms with van der Waals surface area (Å²) in [5.74, 6) is 1.21. The van der Waals surface area contributed by atoms with Gasteiger partial charge in [0.15, 0.2) is 0 Å². The fraction of sp³-hybridized carbons (Fsp3) is 0.188. The minimum absolute atomic E-state index is 0. The van der Waals surface area contributed by atoms with Crippen LogP contribution in [0.3, 0.4) is 0 Å². The third kappa shape index (κ3) is 5.45. The lowest BCUT2D eigenvalue weighted by molar-refractivity contribution is -0.00000723. The molecule has 4 aromatic carbocycles. The summed E-state index contributed by atoms with van der Waals surface area (Å²) in [6, 6.07) is 44.1. The summed E-state index contributed by atoms with van der Waals surface area (Å²) in [5, 5.41) is 5.74. The van der Waals surface area contributed by atoms with Crippen LogP contribution in [0.5, 0.6) is 0 Å². The Morgan fingerprint density at radius 2 is 0.943 bits per heavy atom. The first-order valence-electron chi connectivity index (χ1n) is 12.3. The van der Waals surface area contributed by atoms with Crippen LogP contribution in [0.25, 0.3) is 0 Å². The number of halogens is 1. The Morgan fingerprint density at radius 1 is 0.514 bits per heavy atom. The Kier molecular flexibility index (Phi) is 8.96. The molecule has 0 heterocycles. The van der Waals surface area contributed by atoms with E-state index in [2.05, 4.69) is 121 Å². The molecule has 0 saturated carbocycles. The molecule has 0 aliphatic heterocycles. The second kappa shape index (κ2) is 12.3. The van der Waals surface area contributed by atoms with E-state index < -0.39 is 7.26 Å². The molecule has 0 unspecified atom stereocenters. The van der Waals surface area contributed by atoms with Gasteiger partial charge in [-0.05, 0) is 54.8 Å². The molecule has 0 N–H and O–H groups in total. The van der Waals surface area contributed by atoms with Crippen LogP contribution in [0.1, 0.15) is 37.7 Å². The zero-order valence-electron chi connectivity index (χ0n) is 20.0. The van der Waals surface area contributed by atoms with Crippen molar-refractivity contribution >= 4 is 23.2 Å². The average Bonchev–Trinajstić information content (AvgIpc) is 3.16. The van der Waals surface area contributed by atoms with Crippen molar-refractivity contribution in [2.24, 2.45) is 0 Å². The zero-order valence-corrected chi connectivity index (χ0v) is 22.5. The summed E-state index contributed by atoms with van der Waals surface area (Å²) in [5.41, 5.74) is 1.22. The lowest BCUT2D eigenvalue weighted by Gasteiger charge is -2.31. The zero-order chi connectivity index (χ0) is 23.1. The van der Waals surface area contributed by atoms with Crippen LogP contribution < -0.4 is 32.9 Å². The van der Waals surface area contributed by atoms with Crippen LogP contribution in [0.15, 0.2) is 132 Å². The quantitative estimate of drug-likeness (QED) is 0.315. The highest BCUT2D eigenvalue weighted by atomic mass is 79.9. The van der Waals surface area contributed by atoms with Crippen LogP contribution >= 0.6 is 7.26 Å². The summed E-state index contributed by atoms with van der Waals surface area (Å²) >= 11 is 0. The van der Waals surface area contributed by atoms with Gasteiger partial charge in [0.25, 0.3) is 0 Å². The number of ether oxygens (including phenoxy) is 1. The normalized spacial score (nSPS) is 14.1. The predicted octanol–water partition coefficient (Wildman–Crippen LogP) is 4.38. The van der Waals surface area contributed by atoms with E-state index in [0.717, 1.165) is 12.8 Å². The molecule has 0 spiro atoms. The third-order valence-electron chi connectivity index (χ3n) is 6.73. The van der Waals surface area contributed by atoms with Gasteiger partial charge in [0.2, 0.25) is 0 Å². The van der Waals surface area contributed by atoms with Crippen molar-refractivity contribution < 1.29 is 21.7 Å². The Balaban J connectivity index is 0.00000289. The minimum Gasteiger partial charge on any atom is -1.00 e. The van der Waals surface area contributed by atoms with Gasteiger partial charge >= 0.3 is 0 Å². The van der Waals surface area contributed by atoms with Crippen molar-refractivity contribution in [1.82, 2.24) is 0 Å². The van der Waals surface area contributed by atoms with Gasteiger partial charge in [0, 0.05) is 12.8 Å². The van der Waals surface area contributed by atoms with Gasteiger partial charge in [0.1, 0.15) is 40.9 Å². The maximum Gasteiger partial charge on any atom is 0.143 e. The van der Waals surface area contributed by atoms with E-state index in [-0.39, 0.29) is 17.0 Å². The molecule has 1 aliphatic carbocycles. The third-order valence-corrected chi connectivity index (χ3v) is 11.2. The maximum absolute atomic E-state index is 6.74. The molecule has 178 valence electrons. The SMILES string of the molecule is [Br-].c1ccc(COC2=C([P+](c3ccccc3)(c3ccccc3)c3ccccc3)CCCCC2)cc1. The van der Waals surface area contributed by atoms with E-state index in [1.54, 1.807) is 0 Å². The molecule has 4 aromatic rings. The lowest BCUT2D eigenvalue weighted by Crippen LogP contribution is -3.00. The standard InChI is InChI=1S/C32H32OP.BrH/c1-6-16-27(17-7-1)26-33-31-24-14-5-15-25-32(31)34(28-18-8-2-9-19-28,29-20-10-3-11-21-29)30-22-12-4-13-23-30;/h1-4,6-13,16-23H,5,14-15,24-26H2;1H/q+1;/p-1. The largest absolute Gasteiger partial charge is 1.00 e. The maximum atomic E-state index is 6.74. The lowest BCUT2D eigenvalue weighted by atomic mass is 10.2. The molecule has 0 saturated heterocycles. The van der Waals surface area contributed by atoms with Crippen molar-refractivity contribution in [3.8, 4) is 0 Å². The summed E-state index contributed by atoms with van der Waals surface area (Å²) in [6.07, 6.45) is 5.74. The highest BCUT2D eigenvalue weighted by Crippen LogP contribution is 2.65. The van der Waals surface area contributed by atoms with Crippen molar-refractivity contribution in [2.45, 2.75) is 38.7 Å². The van der Waals surface area contributed by atoms with Gasteiger partial charge in [-0.15, -0.1) is 0 Å². The van der Waals surface area contributed by atoms with Gasteiger partial charge in [-0.2, -0.15) is 0 Å². The van der Waals surface area contributed by atoms with Crippen molar-refractivity contribution in [3.05, 3.63) is 138 Å². The van der Waals surface area contributed by atoms with E-state index in [4.69, 9.17) is 4.74 Å². The average molecular weight is 543 g/mol. The molecule has 0 aromatic heterocycles. The number of benzene rings is 4. The van der Waals surface area contributed by atoms with Gasteiger partial charge in [0.05, 0.1) is 0 Å². The first kappa shape index (κ1) is 25.4. The van der Waals surface area contributed by atoms with Crippen molar-refractivity contribution in [2.75, 3.05) is 0 Å². The van der Waals surface area contributed by atoms with Crippen LogP contribution in [0.2, 0.25) is 0 Å². The van der Waals surface area contributed by atoms with Crippen LogP contribution in [0, 0.1) is 0 Å². The van der Waals surface area contributed by atoms with E-state index in [1.165, 1.54) is 51.8 Å². The van der Waals surface area contributed by atoms with Crippen LogP contribution in [-0.4, -0.2) is 0 Å². The van der Waals surface area contributed by atoms with E-state index in [1.807, 2.05) is 0 Å². The first-order valence-corrected chi connectivity index (χ1v) is 14.1. The molecule has 1 aliphatic rings. The van der Waals surface area contributed by atoms with Gasteiger partial charge < -0.3 is 21.7 Å². The summed E-state index contributed by atoms with van der Waals surface area (Å²) in [6.45, 7) is 0.623. The molecule has 0 bridgehead atoms. The minimum atomic E-state index is -2.08. The fourth-order valence-electron chi connectivity index (χ4n) is 5.16. The molecule has 0 fully saturated rings.